The van der Waals surface area contributed by atoms with Gasteiger partial charge in [-0.2, -0.15) is 0 Å². The molecule has 0 heterocycles. The van der Waals surface area contributed by atoms with Crippen LogP contribution in [-0.4, -0.2) is 44.3 Å². The Balaban J connectivity index is 1.80. The zero-order valence-corrected chi connectivity index (χ0v) is 25.5. The van der Waals surface area contributed by atoms with Crippen LogP contribution in [-0.2, 0) is 32.6 Å². The van der Waals surface area contributed by atoms with E-state index in [1.807, 2.05) is 37.3 Å². The summed E-state index contributed by atoms with van der Waals surface area (Å²) < 4.78 is 43.9. The lowest BCUT2D eigenvalue weighted by Gasteiger charge is -2.34. The van der Waals surface area contributed by atoms with Crippen LogP contribution in [0.1, 0.15) is 23.6 Å². The van der Waals surface area contributed by atoms with Crippen molar-refractivity contribution in [1.82, 2.24) is 10.2 Å². The summed E-state index contributed by atoms with van der Waals surface area (Å²) in [5.74, 6) is -1.66. The zero-order valence-electron chi connectivity index (χ0n) is 23.9. The Bertz CT molecular complexity index is 1650. The van der Waals surface area contributed by atoms with Crippen molar-refractivity contribution < 1.29 is 22.4 Å². The van der Waals surface area contributed by atoms with Crippen LogP contribution in [0.3, 0.4) is 0 Å². The second kappa shape index (κ2) is 14.3. The Hall–Kier alpha value is -4.21. The molecule has 4 rings (SSSR count). The van der Waals surface area contributed by atoms with Crippen molar-refractivity contribution in [3.8, 4) is 0 Å². The molecule has 2 amide bonds. The van der Waals surface area contributed by atoms with Crippen LogP contribution >= 0.6 is 11.6 Å². The first-order chi connectivity index (χ1) is 20.6. The number of nitrogens with one attached hydrogen (secondary N) is 1. The van der Waals surface area contributed by atoms with Crippen molar-refractivity contribution in [2.75, 3.05) is 17.4 Å². The smallest absolute Gasteiger partial charge is 0.264 e. The molecule has 1 unspecified atom stereocenters. The van der Waals surface area contributed by atoms with Gasteiger partial charge in [0.1, 0.15) is 18.4 Å². The lowest BCUT2D eigenvalue weighted by Crippen LogP contribution is -2.53. The van der Waals surface area contributed by atoms with Crippen molar-refractivity contribution in [2.24, 2.45) is 0 Å². The molecule has 0 radical (unpaired) electrons. The molecule has 0 saturated carbocycles. The third-order valence-electron chi connectivity index (χ3n) is 6.92. The molecule has 0 aromatic heterocycles. The SMILES string of the molecule is CCNC(=O)C(Cc1ccccc1)N(Cc1ccccc1F)C(=O)CN(c1ccc(Cl)cc1)S(=O)(=O)c1ccc(C)cc1. The molecule has 0 spiro atoms. The van der Waals surface area contributed by atoms with Crippen molar-refractivity contribution in [3.63, 3.8) is 0 Å². The highest BCUT2D eigenvalue weighted by Gasteiger charge is 2.34. The number of aryl methyl sites for hydroxylation is 1. The van der Waals surface area contributed by atoms with Gasteiger partial charge in [0, 0.05) is 30.1 Å². The van der Waals surface area contributed by atoms with E-state index in [1.165, 1.54) is 59.5 Å². The predicted molar refractivity (Wildman–Crippen MR) is 167 cm³/mol. The topological polar surface area (TPSA) is 86.8 Å². The Morgan fingerprint density at radius 1 is 0.884 bits per heavy atom. The number of hydrogen-bond donors (Lipinski definition) is 1. The predicted octanol–water partition coefficient (Wildman–Crippen LogP) is 5.76. The Morgan fingerprint density at radius 3 is 2.14 bits per heavy atom. The molecule has 1 N–H and O–H groups in total. The fraction of sp³-hybridized carbons (Fsp3) is 0.212. The van der Waals surface area contributed by atoms with Gasteiger partial charge in [0.15, 0.2) is 0 Å². The molecule has 0 fully saturated rings. The highest BCUT2D eigenvalue weighted by Crippen LogP contribution is 2.27. The van der Waals surface area contributed by atoms with Crippen LogP contribution in [0.15, 0.2) is 108 Å². The van der Waals surface area contributed by atoms with Crippen molar-refractivity contribution in [3.05, 3.63) is 131 Å². The third kappa shape index (κ3) is 8.00. The van der Waals surface area contributed by atoms with Crippen molar-refractivity contribution >= 4 is 39.1 Å². The molecule has 0 aliphatic carbocycles. The van der Waals surface area contributed by atoms with Gasteiger partial charge < -0.3 is 10.2 Å². The molecular weight excluding hydrogens is 589 g/mol. The zero-order chi connectivity index (χ0) is 31.0. The van der Waals surface area contributed by atoms with Crippen molar-refractivity contribution in [1.29, 1.82) is 0 Å². The molecule has 224 valence electrons. The first kappa shape index (κ1) is 31.7. The molecule has 7 nitrogen and oxygen atoms in total. The maximum atomic E-state index is 14.9. The van der Waals surface area contributed by atoms with Gasteiger partial charge in [-0.3, -0.25) is 13.9 Å². The van der Waals surface area contributed by atoms with Gasteiger partial charge in [0.05, 0.1) is 10.6 Å². The fourth-order valence-corrected chi connectivity index (χ4v) is 6.17. The van der Waals surface area contributed by atoms with E-state index in [-0.39, 0.29) is 29.1 Å². The summed E-state index contributed by atoms with van der Waals surface area (Å²) in [5.41, 5.74) is 2.06. The maximum absolute atomic E-state index is 14.9. The minimum absolute atomic E-state index is 0.00827. The Labute approximate surface area is 257 Å². The number of halogens is 2. The van der Waals surface area contributed by atoms with E-state index in [0.29, 0.717) is 11.6 Å². The van der Waals surface area contributed by atoms with E-state index in [1.54, 1.807) is 25.1 Å². The first-order valence-electron chi connectivity index (χ1n) is 13.8. The standard InChI is InChI=1S/C33H33ClFN3O4S/c1-3-36-33(40)31(21-25-9-5-4-6-10-25)37(22-26-11-7-8-12-30(26)35)32(39)23-38(28-17-15-27(34)16-18-28)43(41,42)29-19-13-24(2)14-20-29/h4-20,31H,3,21-23H2,1-2H3,(H,36,40). The van der Waals surface area contributed by atoms with Gasteiger partial charge in [0.2, 0.25) is 11.8 Å². The summed E-state index contributed by atoms with van der Waals surface area (Å²) in [7, 11) is -4.24. The molecular formula is C33H33ClFN3O4S. The highest BCUT2D eigenvalue weighted by atomic mass is 35.5. The molecule has 0 saturated heterocycles. The summed E-state index contributed by atoms with van der Waals surface area (Å²) in [6.45, 7) is 3.02. The molecule has 0 aliphatic rings. The molecule has 1 atom stereocenters. The second-order valence-electron chi connectivity index (χ2n) is 10.0. The van der Waals surface area contributed by atoms with Gasteiger partial charge in [-0.15, -0.1) is 0 Å². The number of nitrogens with zero attached hydrogens (tertiary/aromatic N) is 2. The van der Waals surface area contributed by atoms with E-state index in [2.05, 4.69) is 5.32 Å². The van der Waals surface area contributed by atoms with Crippen LogP contribution in [0, 0.1) is 12.7 Å². The van der Waals surface area contributed by atoms with E-state index < -0.39 is 40.2 Å². The normalized spacial score (nSPS) is 11.9. The lowest BCUT2D eigenvalue weighted by atomic mass is 10.0. The molecule has 4 aromatic carbocycles. The number of sulfonamides is 1. The number of anilines is 1. The maximum Gasteiger partial charge on any atom is 0.264 e. The highest BCUT2D eigenvalue weighted by molar-refractivity contribution is 7.92. The summed E-state index contributed by atoms with van der Waals surface area (Å²) >= 11 is 6.09. The monoisotopic (exact) mass is 621 g/mol. The molecule has 10 heteroatoms. The minimum atomic E-state index is -4.24. The number of likely N-dealkylation sites (N-methyl/N-ethyl adjacent to an activating group) is 1. The van der Waals surface area contributed by atoms with Gasteiger partial charge in [-0.05, 0) is 61.9 Å². The number of amides is 2. The van der Waals surface area contributed by atoms with Gasteiger partial charge >= 0.3 is 0 Å². The van der Waals surface area contributed by atoms with Crippen LogP contribution in [0.4, 0.5) is 10.1 Å². The average Bonchev–Trinajstić information content (AvgIpc) is 3.00. The number of rotatable bonds is 12. The van der Waals surface area contributed by atoms with E-state index in [9.17, 15) is 22.4 Å². The fourth-order valence-electron chi connectivity index (χ4n) is 4.63. The van der Waals surface area contributed by atoms with E-state index in [4.69, 9.17) is 11.6 Å². The van der Waals surface area contributed by atoms with E-state index >= 15 is 0 Å². The van der Waals surface area contributed by atoms with Gasteiger partial charge in [-0.25, -0.2) is 12.8 Å². The summed E-state index contributed by atoms with van der Waals surface area (Å²) in [6, 6.07) is 26.5. The summed E-state index contributed by atoms with van der Waals surface area (Å²) in [6.07, 6.45) is 0.137. The van der Waals surface area contributed by atoms with Gasteiger partial charge in [0.25, 0.3) is 10.0 Å². The minimum Gasteiger partial charge on any atom is -0.355 e. The van der Waals surface area contributed by atoms with Crippen LogP contribution in [0.2, 0.25) is 5.02 Å². The lowest BCUT2D eigenvalue weighted by molar-refractivity contribution is -0.140. The molecule has 0 bridgehead atoms. The quantitative estimate of drug-likeness (QED) is 0.218. The molecule has 0 aliphatic heterocycles. The second-order valence-corrected chi connectivity index (χ2v) is 12.3. The summed E-state index contributed by atoms with van der Waals surface area (Å²) in [4.78, 5) is 29.0. The number of hydrogen-bond acceptors (Lipinski definition) is 4. The van der Waals surface area contributed by atoms with Crippen molar-refractivity contribution in [2.45, 2.75) is 37.8 Å². The number of benzene rings is 4. The van der Waals surface area contributed by atoms with Gasteiger partial charge in [-0.1, -0.05) is 77.8 Å². The molecule has 43 heavy (non-hydrogen) atoms. The number of carbonyl (C=O) groups is 2. The largest absolute Gasteiger partial charge is 0.355 e. The Morgan fingerprint density at radius 2 is 1.51 bits per heavy atom. The number of carbonyl (C=O) groups excluding carboxylic acids is 2. The van der Waals surface area contributed by atoms with E-state index in [0.717, 1.165) is 15.4 Å². The Kier molecular flexibility index (Phi) is 10.6. The van der Waals surface area contributed by atoms with Crippen LogP contribution in [0.5, 0.6) is 0 Å². The molecule has 4 aromatic rings. The average molecular weight is 622 g/mol. The third-order valence-corrected chi connectivity index (χ3v) is 8.96. The summed E-state index contributed by atoms with van der Waals surface area (Å²) in [5, 5.41) is 3.17. The van der Waals surface area contributed by atoms with Crippen LogP contribution in [0.25, 0.3) is 0 Å². The first-order valence-corrected chi connectivity index (χ1v) is 15.6. The van der Waals surface area contributed by atoms with Crippen LogP contribution < -0.4 is 9.62 Å².